The monoisotopic (exact) mass is 377 g/mol. The quantitative estimate of drug-likeness (QED) is 0.509. The first-order chi connectivity index (χ1) is 13.3. The van der Waals surface area contributed by atoms with E-state index in [1.807, 2.05) is 44.0 Å². The first-order valence-corrected chi connectivity index (χ1v) is 9.05. The Morgan fingerprint density at radius 3 is 2.43 bits per heavy atom. The van der Waals surface area contributed by atoms with Crippen LogP contribution in [-0.2, 0) is 11.3 Å². The van der Waals surface area contributed by atoms with Gasteiger partial charge in [0.25, 0.3) is 5.69 Å². The van der Waals surface area contributed by atoms with Gasteiger partial charge in [0.15, 0.2) is 0 Å². The molecule has 0 spiro atoms. The van der Waals surface area contributed by atoms with Crippen LogP contribution in [0.3, 0.4) is 0 Å². The smallest absolute Gasteiger partial charge is 0.293 e. The second-order valence-corrected chi connectivity index (χ2v) is 7.11. The molecule has 0 bridgehead atoms. The fourth-order valence-corrected chi connectivity index (χ4v) is 3.19. The number of nitro benzene ring substituents is 1. The van der Waals surface area contributed by atoms with E-state index in [0.29, 0.717) is 6.54 Å². The number of nitrogens with one attached hydrogen (secondary N) is 1. The van der Waals surface area contributed by atoms with Crippen molar-refractivity contribution in [3.05, 3.63) is 81.4 Å². The van der Waals surface area contributed by atoms with Gasteiger partial charge in [-0.15, -0.1) is 0 Å². The standard InChI is InChI=1S/C22H23N3O3/c1-15-10-20(21(25(27)28)11-16(15)2)23-22(26)14-24(3)13-17-8-9-18-6-4-5-7-19(18)12-17/h4-12H,13-14H2,1-3H3,(H,23,26). The van der Waals surface area contributed by atoms with E-state index in [0.717, 1.165) is 22.1 Å². The minimum Gasteiger partial charge on any atom is -0.319 e. The number of likely N-dealkylation sites (N-methyl/N-ethyl adjacent to an activating group) is 1. The number of hydrogen-bond acceptors (Lipinski definition) is 4. The van der Waals surface area contributed by atoms with E-state index in [-0.39, 0.29) is 23.8 Å². The van der Waals surface area contributed by atoms with E-state index in [4.69, 9.17) is 0 Å². The van der Waals surface area contributed by atoms with Gasteiger partial charge in [0.1, 0.15) is 5.69 Å². The summed E-state index contributed by atoms with van der Waals surface area (Å²) in [5.74, 6) is -0.283. The number of benzene rings is 3. The number of anilines is 1. The first-order valence-electron chi connectivity index (χ1n) is 9.05. The molecule has 0 radical (unpaired) electrons. The zero-order valence-corrected chi connectivity index (χ0v) is 16.2. The van der Waals surface area contributed by atoms with Gasteiger partial charge >= 0.3 is 0 Å². The second kappa shape index (κ2) is 8.19. The molecule has 3 aromatic rings. The molecule has 1 N–H and O–H groups in total. The first kappa shape index (κ1) is 19.5. The van der Waals surface area contributed by atoms with E-state index < -0.39 is 4.92 Å². The number of carbonyl (C=O) groups excluding carboxylic acids is 1. The van der Waals surface area contributed by atoms with Crippen LogP contribution < -0.4 is 5.32 Å². The van der Waals surface area contributed by atoms with Gasteiger partial charge in [-0.1, -0.05) is 36.4 Å². The summed E-state index contributed by atoms with van der Waals surface area (Å²) in [6, 6.07) is 17.5. The Bertz CT molecular complexity index is 1050. The third-order valence-electron chi connectivity index (χ3n) is 4.76. The highest BCUT2D eigenvalue weighted by molar-refractivity contribution is 5.94. The number of hydrogen-bond donors (Lipinski definition) is 1. The van der Waals surface area contributed by atoms with Gasteiger partial charge in [0.2, 0.25) is 5.91 Å². The summed E-state index contributed by atoms with van der Waals surface area (Å²) in [7, 11) is 1.85. The largest absolute Gasteiger partial charge is 0.319 e. The predicted octanol–water partition coefficient (Wildman–Crippen LogP) is 4.44. The molecule has 0 aliphatic carbocycles. The SMILES string of the molecule is Cc1cc(NC(=O)CN(C)Cc2ccc3ccccc3c2)c([N+](=O)[O-])cc1C. The Kier molecular flexibility index (Phi) is 5.70. The summed E-state index contributed by atoms with van der Waals surface area (Å²) in [6.45, 7) is 4.41. The zero-order valence-electron chi connectivity index (χ0n) is 16.2. The molecule has 0 aromatic heterocycles. The minimum atomic E-state index is -0.471. The number of aryl methyl sites for hydroxylation is 2. The van der Waals surface area contributed by atoms with Gasteiger partial charge in [-0.2, -0.15) is 0 Å². The number of fused-ring (bicyclic) bond motifs is 1. The normalized spacial score (nSPS) is 11.0. The van der Waals surface area contributed by atoms with Crippen molar-refractivity contribution in [2.45, 2.75) is 20.4 Å². The van der Waals surface area contributed by atoms with Gasteiger partial charge in [-0.25, -0.2) is 0 Å². The molecule has 28 heavy (non-hydrogen) atoms. The molecule has 0 saturated heterocycles. The highest BCUT2D eigenvalue weighted by Crippen LogP contribution is 2.28. The Morgan fingerprint density at radius 1 is 1.04 bits per heavy atom. The van der Waals surface area contributed by atoms with Gasteiger partial charge in [0, 0.05) is 12.6 Å². The average Bonchev–Trinajstić information content (AvgIpc) is 2.64. The molecule has 0 atom stereocenters. The van der Waals surface area contributed by atoms with Crippen molar-refractivity contribution in [3.8, 4) is 0 Å². The van der Waals surface area contributed by atoms with Crippen molar-refractivity contribution in [2.75, 3.05) is 18.9 Å². The van der Waals surface area contributed by atoms with Crippen molar-refractivity contribution >= 4 is 28.1 Å². The lowest BCUT2D eigenvalue weighted by atomic mass is 10.1. The highest BCUT2D eigenvalue weighted by Gasteiger charge is 2.18. The van der Waals surface area contributed by atoms with Crippen LogP contribution in [-0.4, -0.2) is 29.3 Å². The lowest BCUT2D eigenvalue weighted by Gasteiger charge is -2.17. The number of nitro groups is 1. The van der Waals surface area contributed by atoms with Crippen LogP contribution in [0.2, 0.25) is 0 Å². The fraction of sp³-hybridized carbons (Fsp3) is 0.227. The number of carbonyl (C=O) groups is 1. The summed E-state index contributed by atoms with van der Waals surface area (Å²) in [5, 5.41) is 16.3. The predicted molar refractivity (Wildman–Crippen MR) is 111 cm³/mol. The van der Waals surface area contributed by atoms with Crippen LogP contribution in [0.15, 0.2) is 54.6 Å². The van der Waals surface area contributed by atoms with E-state index in [1.165, 1.54) is 11.5 Å². The average molecular weight is 377 g/mol. The molecular weight excluding hydrogens is 354 g/mol. The van der Waals surface area contributed by atoms with Crippen molar-refractivity contribution in [1.29, 1.82) is 0 Å². The third kappa shape index (κ3) is 4.53. The Balaban J connectivity index is 1.67. The summed E-state index contributed by atoms with van der Waals surface area (Å²) in [4.78, 5) is 25.1. The summed E-state index contributed by atoms with van der Waals surface area (Å²) < 4.78 is 0. The molecule has 0 heterocycles. The maximum absolute atomic E-state index is 12.4. The molecule has 0 fully saturated rings. The Morgan fingerprint density at radius 2 is 1.71 bits per heavy atom. The van der Waals surface area contributed by atoms with Crippen LogP contribution in [0.1, 0.15) is 16.7 Å². The lowest BCUT2D eigenvalue weighted by molar-refractivity contribution is -0.384. The van der Waals surface area contributed by atoms with Crippen LogP contribution in [0.5, 0.6) is 0 Å². The Labute approximate surface area is 163 Å². The zero-order chi connectivity index (χ0) is 20.3. The fourth-order valence-electron chi connectivity index (χ4n) is 3.19. The summed E-state index contributed by atoms with van der Waals surface area (Å²) >= 11 is 0. The van der Waals surface area contributed by atoms with E-state index in [1.54, 1.807) is 6.07 Å². The van der Waals surface area contributed by atoms with E-state index in [9.17, 15) is 14.9 Å². The van der Waals surface area contributed by atoms with Crippen molar-refractivity contribution in [2.24, 2.45) is 0 Å². The molecule has 3 aromatic carbocycles. The van der Waals surface area contributed by atoms with Gasteiger partial charge in [-0.05, 0) is 60.5 Å². The molecule has 3 rings (SSSR count). The third-order valence-corrected chi connectivity index (χ3v) is 4.76. The van der Waals surface area contributed by atoms with Gasteiger partial charge in [-0.3, -0.25) is 19.8 Å². The number of amides is 1. The molecule has 0 saturated carbocycles. The van der Waals surface area contributed by atoms with Crippen molar-refractivity contribution < 1.29 is 9.72 Å². The number of rotatable bonds is 6. The van der Waals surface area contributed by atoms with E-state index >= 15 is 0 Å². The van der Waals surface area contributed by atoms with E-state index in [2.05, 4.69) is 29.6 Å². The lowest BCUT2D eigenvalue weighted by Crippen LogP contribution is -2.30. The maximum atomic E-state index is 12.4. The summed E-state index contributed by atoms with van der Waals surface area (Å²) in [5.41, 5.74) is 2.96. The molecular formula is C22H23N3O3. The van der Waals surface area contributed by atoms with Crippen LogP contribution in [0.25, 0.3) is 10.8 Å². The van der Waals surface area contributed by atoms with Crippen LogP contribution in [0, 0.1) is 24.0 Å². The minimum absolute atomic E-state index is 0.0892. The molecule has 1 amide bonds. The van der Waals surface area contributed by atoms with Gasteiger partial charge < -0.3 is 5.32 Å². The molecule has 6 nitrogen and oxygen atoms in total. The number of nitrogens with zero attached hydrogens (tertiary/aromatic N) is 2. The summed E-state index contributed by atoms with van der Waals surface area (Å²) in [6.07, 6.45) is 0. The van der Waals surface area contributed by atoms with Crippen molar-refractivity contribution in [1.82, 2.24) is 4.90 Å². The van der Waals surface area contributed by atoms with Crippen LogP contribution in [0.4, 0.5) is 11.4 Å². The van der Waals surface area contributed by atoms with Crippen molar-refractivity contribution in [3.63, 3.8) is 0 Å². The van der Waals surface area contributed by atoms with Gasteiger partial charge in [0.05, 0.1) is 11.5 Å². The molecule has 144 valence electrons. The molecule has 0 aliphatic heterocycles. The second-order valence-electron chi connectivity index (χ2n) is 7.11. The molecule has 0 unspecified atom stereocenters. The molecule has 6 heteroatoms. The highest BCUT2D eigenvalue weighted by atomic mass is 16.6. The topological polar surface area (TPSA) is 75.5 Å². The van der Waals surface area contributed by atoms with Crippen LogP contribution >= 0.6 is 0 Å². The maximum Gasteiger partial charge on any atom is 0.293 e. The Hall–Kier alpha value is -3.25. The molecule has 0 aliphatic rings.